The Balaban J connectivity index is 1.88. The van der Waals surface area contributed by atoms with Crippen LogP contribution in [-0.2, 0) is 0 Å². The highest BCUT2D eigenvalue weighted by Crippen LogP contribution is 2.22. The maximum atomic E-state index is 13.4. The monoisotopic (exact) mass is 287 g/mol. The minimum Gasteiger partial charge on any atom is -0.490 e. The molecule has 1 atom stereocenters. The SMILES string of the molecule is Fc1cc(Br)ccc1OC[C@H]1CCCNC1. The smallest absolute Gasteiger partial charge is 0.166 e. The van der Waals surface area contributed by atoms with Crippen LogP contribution in [0.1, 0.15) is 12.8 Å². The fraction of sp³-hybridized carbons (Fsp3) is 0.500. The molecule has 1 aliphatic rings. The summed E-state index contributed by atoms with van der Waals surface area (Å²) in [6.07, 6.45) is 2.34. The molecule has 1 saturated heterocycles. The lowest BCUT2D eigenvalue weighted by Gasteiger charge is -2.22. The van der Waals surface area contributed by atoms with Crippen molar-refractivity contribution in [2.75, 3.05) is 19.7 Å². The summed E-state index contributed by atoms with van der Waals surface area (Å²) in [4.78, 5) is 0. The Morgan fingerprint density at radius 2 is 2.38 bits per heavy atom. The number of halogens is 2. The van der Waals surface area contributed by atoms with E-state index in [9.17, 15) is 4.39 Å². The molecule has 1 aromatic rings. The van der Waals surface area contributed by atoms with Crippen molar-refractivity contribution in [3.05, 3.63) is 28.5 Å². The summed E-state index contributed by atoms with van der Waals surface area (Å²) in [7, 11) is 0. The molecule has 1 aliphatic heterocycles. The number of piperidine rings is 1. The van der Waals surface area contributed by atoms with Gasteiger partial charge in [0.25, 0.3) is 0 Å². The second-order valence-electron chi connectivity index (χ2n) is 4.10. The molecule has 0 saturated carbocycles. The first-order valence-corrected chi connectivity index (χ1v) is 6.33. The van der Waals surface area contributed by atoms with Gasteiger partial charge in [0.05, 0.1) is 6.61 Å². The average molecular weight is 288 g/mol. The summed E-state index contributed by atoms with van der Waals surface area (Å²) in [5.41, 5.74) is 0. The molecule has 0 spiro atoms. The second kappa shape index (κ2) is 5.64. The van der Waals surface area contributed by atoms with Crippen molar-refractivity contribution < 1.29 is 9.13 Å². The van der Waals surface area contributed by atoms with Gasteiger partial charge in [-0.2, -0.15) is 0 Å². The summed E-state index contributed by atoms with van der Waals surface area (Å²) in [6.45, 7) is 2.65. The standard InChI is InChI=1S/C12H15BrFNO/c13-10-3-4-12(11(14)6-10)16-8-9-2-1-5-15-7-9/h3-4,6,9,15H,1-2,5,7-8H2/t9-/m0/s1. The van der Waals surface area contributed by atoms with Gasteiger partial charge in [0.15, 0.2) is 11.6 Å². The summed E-state index contributed by atoms with van der Waals surface area (Å²) < 4.78 is 19.7. The molecule has 1 fully saturated rings. The van der Waals surface area contributed by atoms with E-state index >= 15 is 0 Å². The van der Waals surface area contributed by atoms with Crippen molar-refractivity contribution in [2.24, 2.45) is 5.92 Å². The van der Waals surface area contributed by atoms with E-state index in [1.54, 1.807) is 12.1 Å². The van der Waals surface area contributed by atoms with Crippen molar-refractivity contribution in [1.29, 1.82) is 0 Å². The van der Waals surface area contributed by atoms with E-state index < -0.39 is 0 Å². The zero-order valence-corrected chi connectivity index (χ0v) is 10.6. The molecule has 0 bridgehead atoms. The highest BCUT2D eigenvalue weighted by molar-refractivity contribution is 9.10. The number of hydrogen-bond acceptors (Lipinski definition) is 2. The van der Waals surface area contributed by atoms with Crippen LogP contribution in [0.2, 0.25) is 0 Å². The summed E-state index contributed by atoms with van der Waals surface area (Å²) in [5, 5.41) is 3.31. The van der Waals surface area contributed by atoms with E-state index in [0.717, 1.165) is 24.0 Å². The number of rotatable bonds is 3. The third kappa shape index (κ3) is 3.19. The Morgan fingerprint density at radius 1 is 1.50 bits per heavy atom. The molecule has 0 aliphatic carbocycles. The zero-order valence-electron chi connectivity index (χ0n) is 9.01. The fourth-order valence-corrected chi connectivity index (χ4v) is 2.20. The van der Waals surface area contributed by atoms with Gasteiger partial charge in [0.1, 0.15) is 0 Å². The minimum atomic E-state index is -0.307. The lowest BCUT2D eigenvalue weighted by atomic mass is 10.0. The zero-order chi connectivity index (χ0) is 11.4. The number of benzene rings is 1. The molecule has 2 nitrogen and oxygen atoms in total. The van der Waals surface area contributed by atoms with Crippen LogP contribution < -0.4 is 10.1 Å². The summed E-state index contributed by atoms with van der Waals surface area (Å²) >= 11 is 3.22. The minimum absolute atomic E-state index is 0.307. The van der Waals surface area contributed by atoms with E-state index in [1.165, 1.54) is 12.5 Å². The molecule has 1 heterocycles. The Morgan fingerprint density at radius 3 is 3.06 bits per heavy atom. The highest BCUT2D eigenvalue weighted by atomic mass is 79.9. The van der Waals surface area contributed by atoms with Gasteiger partial charge >= 0.3 is 0 Å². The lowest BCUT2D eigenvalue weighted by molar-refractivity contribution is 0.211. The van der Waals surface area contributed by atoms with Crippen LogP contribution in [0.3, 0.4) is 0 Å². The van der Waals surface area contributed by atoms with Gasteiger partial charge in [-0.3, -0.25) is 0 Å². The number of ether oxygens (including phenoxy) is 1. The topological polar surface area (TPSA) is 21.3 Å². The van der Waals surface area contributed by atoms with E-state index in [0.29, 0.717) is 18.3 Å². The van der Waals surface area contributed by atoms with Crippen molar-refractivity contribution >= 4 is 15.9 Å². The molecular formula is C12H15BrFNO. The van der Waals surface area contributed by atoms with Gasteiger partial charge in [-0.1, -0.05) is 15.9 Å². The normalized spacial score (nSPS) is 20.8. The molecule has 0 unspecified atom stereocenters. The van der Waals surface area contributed by atoms with Crippen molar-refractivity contribution in [1.82, 2.24) is 5.32 Å². The third-order valence-corrected chi connectivity index (χ3v) is 3.26. The van der Waals surface area contributed by atoms with Gasteiger partial charge in [-0.25, -0.2) is 4.39 Å². The van der Waals surface area contributed by atoms with Crippen LogP contribution in [-0.4, -0.2) is 19.7 Å². The first-order chi connectivity index (χ1) is 7.75. The maximum absolute atomic E-state index is 13.4. The molecule has 88 valence electrons. The largest absolute Gasteiger partial charge is 0.490 e. The second-order valence-corrected chi connectivity index (χ2v) is 5.01. The molecule has 1 aromatic carbocycles. The Labute approximate surface area is 103 Å². The Kier molecular flexibility index (Phi) is 4.18. The van der Waals surface area contributed by atoms with Crippen molar-refractivity contribution in [2.45, 2.75) is 12.8 Å². The van der Waals surface area contributed by atoms with Crippen LogP contribution in [0.15, 0.2) is 22.7 Å². The van der Waals surface area contributed by atoms with Crippen LogP contribution in [0.5, 0.6) is 5.75 Å². The van der Waals surface area contributed by atoms with Crippen LogP contribution in [0.4, 0.5) is 4.39 Å². The van der Waals surface area contributed by atoms with E-state index in [4.69, 9.17) is 4.74 Å². The van der Waals surface area contributed by atoms with E-state index in [2.05, 4.69) is 21.2 Å². The van der Waals surface area contributed by atoms with Gasteiger partial charge in [0.2, 0.25) is 0 Å². The lowest BCUT2D eigenvalue weighted by Crippen LogP contribution is -2.33. The van der Waals surface area contributed by atoms with Gasteiger partial charge in [0, 0.05) is 16.9 Å². The Bertz CT molecular complexity index is 353. The molecule has 0 radical (unpaired) electrons. The fourth-order valence-electron chi connectivity index (χ4n) is 1.87. The number of hydrogen-bond donors (Lipinski definition) is 1. The molecule has 2 rings (SSSR count). The number of nitrogens with one attached hydrogen (secondary N) is 1. The molecule has 4 heteroatoms. The molecule has 0 amide bonds. The first kappa shape index (κ1) is 11.9. The van der Waals surface area contributed by atoms with Gasteiger partial charge < -0.3 is 10.1 Å². The molecule has 16 heavy (non-hydrogen) atoms. The summed E-state index contributed by atoms with van der Waals surface area (Å²) in [6, 6.07) is 4.88. The van der Waals surface area contributed by atoms with Crippen molar-refractivity contribution in [3.63, 3.8) is 0 Å². The van der Waals surface area contributed by atoms with E-state index in [-0.39, 0.29) is 5.82 Å². The van der Waals surface area contributed by atoms with Crippen LogP contribution in [0.25, 0.3) is 0 Å². The molecular weight excluding hydrogens is 273 g/mol. The van der Waals surface area contributed by atoms with Crippen LogP contribution >= 0.6 is 15.9 Å². The predicted molar refractivity (Wildman–Crippen MR) is 65.2 cm³/mol. The third-order valence-electron chi connectivity index (χ3n) is 2.77. The first-order valence-electron chi connectivity index (χ1n) is 5.54. The quantitative estimate of drug-likeness (QED) is 0.923. The van der Waals surface area contributed by atoms with E-state index in [1.807, 2.05) is 0 Å². The average Bonchev–Trinajstić information content (AvgIpc) is 2.29. The summed E-state index contributed by atoms with van der Waals surface area (Å²) in [5.74, 6) is 0.531. The van der Waals surface area contributed by atoms with Crippen LogP contribution in [0, 0.1) is 11.7 Å². The van der Waals surface area contributed by atoms with Gasteiger partial charge in [-0.05, 0) is 37.6 Å². The highest BCUT2D eigenvalue weighted by Gasteiger charge is 2.14. The molecule has 0 aromatic heterocycles. The molecule has 1 N–H and O–H groups in total. The van der Waals surface area contributed by atoms with Gasteiger partial charge in [-0.15, -0.1) is 0 Å². The maximum Gasteiger partial charge on any atom is 0.166 e. The predicted octanol–water partition coefficient (Wildman–Crippen LogP) is 2.97. The van der Waals surface area contributed by atoms with Crippen molar-refractivity contribution in [3.8, 4) is 5.75 Å². The Hall–Kier alpha value is -0.610.